The molecule has 0 bridgehead atoms. The van der Waals surface area contributed by atoms with Gasteiger partial charge >= 0.3 is 0 Å². The van der Waals surface area contributed by atoms with Gasteiger partial charge in [-0.25, -0.2) is 4.98 Å². The fourth-order valence-electron chi connectivity index (χ4n) is 1.30. The molecule has 0 aliphatic heterocycles. The Morgan fingerprint density at radius 1 is 1.35 bits per heavy atom. The summed E-state index contributed by atoms with van der Waals surface area (Å²) in [4.78, 5) is 15.9. The average molecular weight is 340 g/mol. The third-order valence-electron chi connectivity index (χ3n) is 2.14. The van der Waals surface area contributed by atoms with E-state index in [0.29, 0.717) is 5.56 Å². The maximum absolute atomic E-state index is 12.0. The second kappa shape index (κ2) is 5.17. The van der Waals surface area contributed by atoms with Crippen molar-refractivity contribution in [2.24, 2.45) is 0 Å². The van der Waals surface area contributed by atoms with Crippen LogP contribution in [0.5, 0.6) is 0 Å². The summed E-state index contributed by atoms with van der Waals surface area (Å²) in [5.41, 5.74) is 1.67. The Bertz CT molecular complexity index is 544. The minimum atomic E-state index is -0.230. The van der Waals surface area contributed by atoms with E-state index in [1.54, 1.807) is 6.07 Å². The third kappa shape index (κ3) is 2.76. The molecular formula is C11H9IN4O. The van der Waals surface area contributed by atoms with Crippen LogP contribution in [0.2, 0.25) is 0 Å². The van der Waals surface area contributed by atoms with Crippen LogP contribution in [-0.4, -0.2) is 21.1 Å². The van der Waals surface area contributed by atoms with Crippen LogP contribution in [0.3, 0.4) is 0 Å². The minimum Gasteiger partial charge on any atom is -0.289 e. The number of aryl methyl sites for hydroxylation is 1. The molecule has 5 nitrogen and oxygen atoms in total. The first-order chi connectivity index (χ1) is 8.18. The summed E-state index contributed by atoms with van der Waals surface area (Å²) in [6.45, 7) is 1.96. The van der Waals surface area contributed by atoms with E-state index >= 15 is 0 Å². The monoisotopic (exact) mass is 340 g/mol. The molecule has 0 aliphatic rings. The Labute approximate surface area is 112 Å². The lowest BCUT2D eigenvalue weighted by molar-refractivity contribution is 0.102. The number of anilines is 1. The van der Waals surface area contributed by atoms with Gasteiger partial charge in [0.25, 0.3) is 5.91 Å². The number of nitrogens with one attached hydrogen (secondary N) is 1. The van der Waals surface area contributed by atoms with Crippen molar-refractivity contribution in [1.29, 1.82) is 0 Å². The van der Waals surface area contributed by atoms with E-state index in [-0.39, 0.29) is 11.9 Å². The lowest BCUT2D eigenvalue weighted by Gasteiger charge is -2.06. The van der Waals surface area contributed by atoms with Crippen molar-refractivity contribution < 1.29 is 4.79 Å². The van der Waals surface area contributed by atoms with E-state index in [1.165, 1.54) is 12.4 Å². The number of benzene rings is 1. The minimum absolute atomic E-state index is 0.204. The number of halogens is 1. The van der Waals surface area contributed by atoms with Gasteiger partial charge in [0.1, 0.15) is 0 Å². The molecular weight excluding hydrogens is 331 g/mol. The Morgan fingerprint density at radius 2 is 2.18 bits per heavy atom. The average Bonchev–Trinajstić information content (AvgIpc) is 2.34. The van der Waals surface area contributed by atoms with Gasteiger partial charge in [-0.05, 0) is 41.1 Å². The largest absolute Gasteiger partial charge is 0.289 e. The molecule has 1 amide bonds. The van der Waals surface area contributed by atoms with Gasteiger partial charge < -0.3 is 0 Å². The highest BCUT2D eigenvalue weighted by Gasteiger charge is 2.12. The van der Waals surface area contributed by atoms with Gasteiger partial charge in [-0.3, -0.25) is 10.1 Å². The van der Waals surface area contributed by atoms with Crippen molar-refractivity contribution in [3.63, 3.8) is 0 Å². The molecule has 0 radical (unpaired) electrons. The van der Waals surface area contributed by atoms with Crippen LogP contribution in [0, 0.1) is 10.5 Å². The zero-order valence-electron chi connectivity index (χ0n) is 9.01. The van der Waals surface area contributed by atoms with Crippen molar-refractivity contribution in [3.8, 4) is 0 Å². The van der Waals surface area contributed by atoms with Crippen molar-refractivity contribution in [2.45, 2.75) is 6.92 Å². The first-order valence-electron chi connectivity index (χ1n) is 4.88. The topological polar surface area (TPSA) is 67.8 Å². The maximum Gasteiger partial charge on any atom is 0.259 e. The van der Waals surface area contributed by atoms with Crippen LogP contribution >= 0.6 is 22.6 Å². The Morgan fingerprint density at radius 3 is 2.88 bits per heavy atom. The van der Waals surface area contributed by atoms with Crippen molar-refractivity contribution in [1.82, 2.24) is 15.2 Å². The van der Waals surface area contributed by atoms with E-state index < -0.39 is 0 Å². The van der Waals surface area contributed by atoms with Gasteiger partial charge in [0.05, 0.1) is 18.0 Å². The molecule has 0 fully saturated rings. The van der Waals surface area contributed by atoms with Crippen LogP contribution < -0.4 is 5.32 Å². The molecule has 6 heteroatoms. The third-order valence-corrected chi connectivity index (χ3v) is 3.58. The van der Waals surface area contributed by atoms with Crippen molar-refractivity contribution >= 4 is 34.4 Å². The SMILES string of the molecule is Cc1cccc(C(=O)Nc2nccnn2)c1I. The Kier molecular flexibility index (Phi) is 3.62. The molecule has 2 aromatic rings. The molecule has 0 unspecified atom stereocenters. The van der Waals surface area contributed by atoms with Crippen LogP contribution in [0.25, 0.3) is 0 Å². The summed E-state index contributed by atoms with van der Waals surface area (Å²) in [6.07, 6.45) is 2.93. The van der Waals surface area contributed by atoms with E-state index in [2.05, 4.69) is 43.1 Å². The summed E-state index contributed by atoms with van der Waals surface area (Å²) in [7, 11) is 0. The van der Waals surface area contributed by atoms with E-state index in [9.17, 15) is 4.79 Å². The second-order valence-corrected chi connectivity index (χ2v) is 4.44. The Balaban J connectivity index is 2.24. The van der Waals surface area contributed by atoms with Gasteiger partial charge in [0, 0.05) is 3.57 Å². The summed E-state index contributed by atoms with van der Waals surface area (Å²) in [6, 6.07) is 5.57. The van der Waals surface area contributed by atoms with Gasteiger partial charge in [-0.15, -0.1) is 5.10 Å². The zero-order chi connectivity index (χ0) is 12.3. The predicted molar refractivity (Wildman–Crippen MR) is 71.7 cm³/mol. The smallest absolute Gasteiger partial charge is 0.259 e. The molecule has 1 heterocycles. The fourth-order valence-corrected chi connectivity index (χ4v) is 1.90. The van der Waals surface area contributed by atoms with E-state index in [4.69, 9.17) is 0 Å². The number of aromatic nitrogens is 3. The molecule has 0 aliphatic carbocycles. The lowest BCUT2D eigenvalue weighted by atomic mass is 10.1. The Hall–Kier alpha value is -1.57. The standard InChI is InChI=1S/C11H9IN4O/c1-7-3-2-4-8(9(7)12)10(17)15-11-13-5-6-14-16-11/h2-6H,1H3,(H,13,15,16,17). The highest BCUT2D eigenvalue weighted by molar-refractivity contribution is 14.1. The number of nitrogens with zero attached hydrogens (tertiary/aromatic N) is 3. The van der Waals surface area contributed by atoms with Crippen molar-refractivity contribution in [3.05, 3.63) is 45.3 Å². The maximum atomic E-state index is 12.0. The first-order valence-corrected chi connectivity index (χ1v) is 5.96. The van der Waals surface area contributed by atoms with Crippen LogP contribution in [0.1, 0.15) is 15.9 Å². The summed E-state index contributed by atoms with van der Waals surface area (Å²) in [5.74, 6) is -0.0269. The van der Waals surface area contributed by atoms with Crippen LogP contribution in [0.4, 0.5) is 5.95 Å². The molecule has 0 atom stereocenters. The molecule has 2 rings (SSSR count). The fraction of sp³-hybridized carbons (Fsp3) is 0.0909. The predicted octanol–water partition coefficient (Wildman–Crippen LogP) is 2.04. The zero-order valence-corrected chi connectivity index (χ0v) is 11.2. The van der Waals surface area contributed by atoms with Gasteiger partial charge in [-0.2, -0.15) is 5.10 Å². The van der Waals surface area contributed by atoms with Crippen LogP contribution in [0.15, 0.2) is 30.6 Å². The number of amides is 1. The number of carbonyl (C=O) groups is 1. The number of hydrogen-bond acceptors (Lipinski definition) is 4. The molecule has 1 aromatic carbocycles. The quantitative estimate of drug-likeness (QED) is 0.850. The number of rotatable bonds is 2. The number of hydrogen-bond donors (Lipinski definition) is 1. The van der Waals surface area contributed by atoms with Crippen LogP contribution in [-0.2, 0) is 0 Å². The summed E-state index contributed by atoms with van der Waals surface area (Å²) < 4.78 is 0.923. The van der Waals surface area contributed by atoms with E-state index in [0.717, 1.165) is 9.13 Å². The van der Waals surface area contributed by atoms with Gasteiger partial charge in [0.15, 0.2) is 0 Å². The summed E-state index contributed by atoms with van der Waals surface area (Å²) >= 11 is 2.15. The summed E-state index contributed by atoms with van der Waals surface area (Å²) in [5, 5.41) is 9.94. The van der Waals surface area contributed by atoms with Gasteiger partial charge in [0.2, 0.25) is 5.95 Å². The second-order valence-electron chi connectivity index (χ2n) is 3.36. The highest BCUT2D eigenvalue weighted by atomic mass is 127. The van der Waals surface area contributed by atoms with E-state index in [1.807, 2.05) is 19.1 Å². The molecule has 17 heavy (non-hydrogen) atoms. The lowest BCUT2D eigenvalue weighted by Crippen LogP contribution is -2.16. The molecule has 1 aromatic heterocycles. The molecule has 0 spiro atoms. The molecule has 1 N–H and O–H groups in total. The first kappa shape index (κ1) is 11.9. The number of carbonyl (C=O) groups excluding carboxylic acids is 1. The van der Waals surface area contributed by atoms with Crippen molar-refractivity contribution in [2.75, 3.05) is 5.32 Å². The molecule has 86 valence electrons. The highest BCUT2D eigenvalue weighted by Crippen LogP contribution is 2.17. The normalized spacial score (nSPS) is 10.0. The van der Waals surface area contributed by atoms with Gasteiger partial charge in [-0.1, -0.05) is 12.1 Å². The molecule has 0 saturated heterocycles. The molecule has 0 saturated carbocycles.